The lowest BCUT2D eigenvalue weighted by Crippen LogP contribution is -2.44. The molecule has 9 nitrogen and oxygen atoms in total. The maximum absolute atomic E-state index is 14.3. The minimum absolute atomic E-state index is 0.0805. The van der Waals surface area contributed by atoms with E-state index >= 15 is 0 Å². The van der Waals surface area contributed by atoms with E-state index in [0.717, 1.165) is 24.6 Å². The van der Waals surface area contributed by atoms with Crippen molar-refractivity contribution in [3.05, 3.63) is 29.6 Å². The summed E-state index contributed by atoms with van der Waals surface area (Å²) in [7, 11) is -4.09. The molecule has 1 fully saturated rings. The smallest absolute Gasteiger partial charge is 0.338 e. The Balaban J connectivity index is 2.06. The SMILES string of the molecule is CCN(CC(=O)NC(C)C)C(=O)COC(=O)c1ccc(F)c(S(=O)(=O)N2CCCCC2)c1. The van der Waals surface area contributed by atoms with Crippen LogP contribution in [0.4, 0.5) is 4.39 Å². The van der Waals surface area contributed by atoms with Gasteiger partial charge < -0.3 is 15.0 Å². The number of amides is 2. The largest absolute Gasteiger partial charge is 0.452 e. The van der Waals surface area contributed by atoms with Crippen molar-refractivity contribution < 1.29 is 31.9 Å². The first-order chi connectivity index (χ1) is 15.1. The van der Waals surface area contributed by atoms with Crippen molar-refractivity contribution in [3.8, 4) is 0 Å². The minimum Gasteiger partial charge on any atom is -0.452 e. The van der Waals surface area contributed by atoms with Crippen molar-refractivity contribution in [2.45, 2.75) is 51.0 Å². The van der Waals surface area contributed by atoms with Crippen molar-refractivity contribution >= 4 is 27.8 Å². The molecule has 2 rings (SSSR count). The van der Waals surface area contributed by atoms with Crippen molar-refractivity contribution in [1.29, 1.82) is 0 Å². The third-order valence-corrected chi connectivity index (χ3v) is 6.86. The molecule has 0 aliphatic carbocycles. The Morgan fingerprint density at radius 1 is 1.19 bits per heavy atom. The minimum atomic E-state index is -4.09. The molecule has 0 saturated carbocycles. The molecule has 1 aromatic rings. The summed E-state index contributed by atoms with van der Waals surface area (Å²) in [6.45, 7) is 5.27. The topological polar surface area (TPSA) is 113 Å². The van der Waals surface area contributed by atoms with E-state index in [1.54, 1.807) is 20.8 Å². The number of piperidine rings is 1. The van der Waals surface area contributed by atoms with Gasteiger partial charge in [0.15, 0.2) is 6.61 Å². The number of halogens is 1. The lowest BCUT2D eigenvalue weighted by molar-refractivity contribution is -0.138. The van der Waals surface area contributed by atoms with Crippen molar-refractivity contribution in [3.63, 3.8) is 0 Å². The number of benzene rings is 1. The second-order valence-corrected chi connectivity index (χ2v) is 9.72. The maximum Gasteiger partial charge on any atom is 0.338 e. The van der Waals surface area contributed by atoms with Gasteiger partial charge in [-0.2, -0.15) is 4.31 Å². The Hall–Kier alpha value is -2.53. The number of carbonyl (C=O) groups excluding carboxylic acids is 3. The normalized spacial score (nSPS) is 14.8. The van der Waals surface area contributed by atoms with Gasteiger partial charge in [-0.05, 0) is 51.8 Å². The molecule has 0 bridgehead atoms. The van der Waals surface area contributed by atoms with Gasteiger partial charge in [0, 0.05) is 25.7 Å². The first-order valence-corrected chi connectivity index (χ1v) is 12.0. The van der Waals surface area contributed by atoms with Crippen LogP contribution in [0.25, 0.3) is 0 Å². The summed E-state index contributed by atoms with van der Waals surface area (Å²) in [6, 6.07) is 2.84. The molecule has 0 spiro atoms. The van der Waals surface area contributed by atoms with Gasteiger partial charge in [0.1, 0.15) is 10.7 Å². The number of nitrogens with one attached hydrogen (secondary N) is 1. The van der Waals surface area contributed by atoms with E-state index < -0.39 is 39.2 Å². The van der Waals surface area contributed by atoms with Gasteiger partial charge in [-0.1, -0.05) is 6.42 Å². The molecule has 1 N–H and O–H groups in total. The van der Waals surface area contributed by atoms with Crippen LogP contribution in [-0.4, -0.2) is 74.2 Å². The summed E-state index contributed by atoms with van der Waals surface area (Å²) < 4.78 is 46.1. The standard InChI is InChI=1S/C21H30FN3O6S/c1-4-24(13-19(26)23-15(2)3)20(27)14-31-21(28)16-8-9-17(22)18(12-16)32(29,30)25-10-6-5-7-11-25/h8-9,12,15H,4-7,10-11,13-14H2,1-3H3,(H,23,26). The van der Waals surface area contributed by atoms with Gasteiger partial charge in [-0.15, -0.1) is 0 Å². The predicted molar refractivity (Wildman–Crippen MR) is 115 cm³/mol. The number of carbonyl (C=O) groups is 3. The average molecular weight is 472 g/mol. The van der Waals surface area contributed by atoms with Gasteiger partial charge in [-0.3, -0.25) is 9.59 Å². The van der Waals surface area contributed by atoms with Crippen LogP contribution in [0.5, 0.6) is 0 Å². The summed E-state index contributed by atoms with van der Waals surface area (Å²) >= 11 is 0. The molecule has 2 amide bonds. The molecular formula is C21H30FN3O6S. The number of likely N-dealkylation sites (N-methyl/N-ethyl adjacent to an activating group) is 1. The summed E-state index contributed by atoms with van der Waals surface area (Å²) in [5, 5.41) is 2.67. The van der Waals surface area contributed by atoms with Gasteiger partial charge >= 0.3 is 5.97 Å². The second kappa shape index (κ2) is 11.4. The molecular weight excluding hydrogens is 441 g/mol. The van der Waals surface area contributed by atoms with Crippen LogP contribution in [0.2, 0.25) is 0 Å². The number of esters is 1. The van der Waals surface area contributed by atoms with E-state index in [1.807, 2.05) is 0 Å². The Morgan fingerprint density at radius 3 is 2.44 bits per heavy atom. The molecule has 1 aliphatic rings. The summed E-state index contributed by atoms with van der Waals surface area (Å²) in [4.78, 5) is 37.2. The number of sulfonamides is 1. The fraction of sp³-hybridized carbons (Fsp3) is 0.571. The number of nitrogens with zero attached hydrogens (tertiary/aromatic N) is 2. The third-order valence-electron chi connectivity index (χ3n) is 4.95. The number of ether oxygens (including phenoxy) is 1. The van der Waals surface area contributed by atoms with E-state index in [2.05, 4.69) is 5.32 Å². The fourth-order valence-electron chi connectivity index (χ4n) is 3.29. The molecule has 1 aromatic carbocycles. The zero-order valence-corrected chi connectivity index (χ0v) is 19.4. The zero-order chi connectivity index (χ0) is 23.9. The molecule has 32 heavy (non-hydrogen) atoms. The fourth-order valence-corrected chi connectivity index (χ4v) is 4.90. The van der Waals surface area contributed by atoms with Crippen LogP contribution in [0, 0.1) is 5.82 Å². The monoisotopic (exact) mass is 471 g/mol. The van der Waals surface area contributed by atoms with Crippen molar-refractivity contribution in [1.82, 2.24) is 14.5 Å². The van der Waals surface area contributed by atoms with Gasteiger partial charge in [0.05, 0.1) is 12.1 Å². The quantitative estimate of drug-likeness (QED) is 0.547. The van der Waals surface area contributed by atoms with Crippen LogP contribution < -0.4 is 5.32 Å². The molecule has 1 heterocycles. The van der Waals surface area contributed by atoms with Crippen LogP contribution in [0.3, 0.4) is 0 Å². The maximum atomic E-state index is 14.3. The van der Waals surface area contributed by atoms with Crippen LogP contribution in [0.1, 0.15) is 50.4 Å². The second-order valence-electron chi connectivity index (χ2n) is 7.82. The highest BCUT2D eigenvalue weighted by Crippen LogP contribution is 2.24. The van der Waals surface area contributed by atoms with Gasteiger partial charge in [0.25, 0.3) is 5.91 Å². The van der Waals surface area contributed by atoms with E-state index in [1.165, 1.54) is 9.21 Å². The van der Waals surface area contributed by atoms with E-state index in [0.29, 0.717) is 25.9 Å². The van der Waals surface area contributed by atoms with Gasteiger partial charge in [0.2, 0.25) is 15.9 Å². The van der Waals surface area contributed by atoms with E-state index in [9.17, 15) is 27.2 Å². The van der Waals surface area contributed by atoms with Crippen LogP contribution in [0.15, 0.2) is 23.1 Å². The molecule has 0 radical (unpaired) electrons. The van der Waals surface area contributed by atoms with Crippen LogP contribution >= 0.6 is 0 Å². The lowest BCUT2D eigenvalue weighted by Gasteiger charge is -2.26. The summed E-state index contributed by atoms with van der Waals surface area (Å²) in [5.41, 5.74) is -0.185. The molecule has 0 atom stereocenters. The Labute approximate surface area is 187 Å². The van der Waals surface area contributed by atoms with E-state index in [-0.39, 0.29) is 30.6 Å². The first-order valence-electron chi connectivity index (χ1n) is 10.6. The Bertz CT molecular complexity index is 945. The molecule has 11 heteroatoms. The highest BCUT2D eigenvalue weighted by molar-refractivity contribution is 7.89. The van der Waals surface area contributed by atoms with Crippen LogP contribution in [-0.2, 0) is 24.3 Å². The molecule has 0 aromatic heterocycles. The van der Waals surface area contributed by atoms with E-state index in [4.69, 9.17) is 4.74 Å². The number of rotatable bonds is 9. The zero-order valence-electron chi connectivity index (χ0n) is 18.6. The molecule has 1 saturated heterocycles. The third kappa shape index (κ3) is 6.73. The summed E-state index contributed by atoms with van der Waals surface area (Å²) in [5.74, 6) is -2.84. The molecule has 178 valence electrons. The van der Waals surface area contributed by atoms with Crippen molar-refractivity contribution in [2.24, 2.45) is 0 Å². The van der Waals surface area contributed by atoms with Crippen molar-refractivity contribution in [2.75, 3.05) is 32.8 Å². The summed E-state index contributed by atoms with van der Waals surface area (Å²) in [6.07, 6.45) is 2.28. The molecule has 0 unspecified atom stereocenters. The number of hydrogen-bond acceptors (Lipinski definition) is 6. The Morgan fingerprint density at radius 2 is 1.84 bits per heavy atom. The first kappa shape index (κ1) is 25.7. The average Bonchev–Trinajstić information content (AvgIpc) is 2.75. The highest BCUT2D eigenvalue weighted by Gasteiger charge is 2.30. The highest BCUT2D eigenvalue weighted by atomic mass is 32.2. The predicted octanol–water partition coefficient (Wildman–Crippen LogP) is 1.53. The lowest BCUT2D eigenvalue weighted by atomic mass is 10.2. The number of hydrogen-bond donors (Lipinski definition) is 1. The molecule has 1 aliphatic heterocycles. The van der Waals surface area contributed by atoms with Gasteiger partial charge in [-0.25, -0.2) is 17.6 Å². The Kier molecular flexibility index (Phi) is 9.14.